The minimum absolute atomic E-state index is 0.107. The number of hydrogen-bond acceptors (Lipinski definition) is 5. The van der Waals surface area contributed by atoms with Crippen LogP contribution in [0.3, 0.4) is 0 Å². The molecule has 150 valence electrons. The number of benzene rings is 1. The number of thiophene rings is 1. The van der Waals surface area contributed by atoms with Gasteiger partial charge in [0.15, 0.2) is 5.96 Å². The summed E-state index contributed by atoms with van der Waals surface area (Å²) in [6.45, 7) is 6.00. The second-order valence-corrected chi connectivity index (χ2v) is 7.72. The minimum Gasteiger partial charge on any atom is -0.357 e. The van der Waals surface area contributed by atoms with Crippen LogP contribution >= 0.6 is 11.3 Å². The van der Waals surface area contributed by atoms with Crippen LogP contribution in [-0.2, 0) is 6.54 Å². The van der Waals surface area contributed by atoms with Crippen LogP contribution < -0.4 is 10.6 Å². The summed E-state index contributed by atoms with van der Waals surface area (Å²) < 4.78 is 0. The number of nitro groups is 1. The van der Waals surface area contributed by atoms with Crippen LogP contribution in [0.4, 0.5) is 5.69 Å². The van der Waals surface area contributed by atoms with Crippen LogP contribution in [0.15, 0.2) is 46.8 Å². The summed E-state index contributed by atoms with van der Waals surface area (Å²) in [6, 6.07) is 11.4. The maximum atomic E-state index is 11.2. The molecule has 8 heteroatoms. The Morgan fingerprint density at radius 1 is 1.25 bits per heavy atom. The molecule has 7 nitrogen and oxygen atoms in total. The molecular weight excluding hydrogens is 374 g/mol. The Hall–Kier alpha value is -2.45. The molecule has 0 amide bonds. The van der Waals surface area contributed by atoms with Gasteiger partial charge in [0.25, 0.3) is 5.69 Å². The monoisotopic (exact) mass is 401 g/mol. The highest BCUT2D eigenvalue weighted by Crippen LogP contribution is 2.27. The zero-order valence-corrected chi connectivity index (χ0v) is 17.0. The van der Waals surface area contributed by atoms with E-state index in [1.807, 2.05) is 6.92 Å². The maximum Gasteiger partial charge on any atom is 0.274 e. The van der Waals surface area contributed by atoms with Crippen LogP contribution in [0, 0.1) is 10.1 Å². The Kier molecular flexibility index (Phi) is 7.39. The topological polar surface area (TPSA) is 82.8 Å². The van der Waals surface area contributed by atoms with Crippen LogP contribution in [0.2, 0.25) is 0 Å². The average Bonchev–Trinajstić information content (AvgIpc) is 3.41. The van der Waals surface area contributed by atoms with Gasteiger partial charge in [-0.1, -0.05) is 24.3 Å². The Balaban J connectivity index is 1.69. The molecule has 0 aliphatic carbocycles. The lowest BCUT2D eigenvalue weighted by Gasteiger charge is -2.27. The van der Waals surface area contributed by atoms with E-state index in [-0.39, 0.29) is 17.2 Å². The van der Waals surface area contributed by atoms with Gasteiger partial charge >= 0.3 is 0 Å². The zero-order chi connectivity index (χ0) is 19.8. The molecule has 1 fully saturated rings. The molecule has 2 N–H and O–H groups in total. The Labute approximate surface area is 169 Å². The largest absolute Gasteiger partial charge is 0.357 e. The molecule has 1 atom stereocenters. The molecule has 2 heterocycles. The number of likely N-dealkylation sites (tertiary alicyclic amines) is 1. The second-order valence-electron chi connectivity index (χ2n) is 6.74. The van der Waals surface area contributed by atoms with Gasteiger partial charge in [-0.3, -0.25) is 15.0 Å². The lowest BCUT2D eigenvalue weighted by molar-refractivity contribution is -0.385. The number of nitrogens with one attached hydrogen (secondary N) is 2. The fourth-order valence-electron chi connectivity index (χ4n) is 3.47. The van der Waals surface area contributed by atoms with Gasteiger partial charge in [0.2, 0.25) is 0 Å². The highest BCUT2D eigenvalue weighted by molar-refractivity contribution is 7.10. The van der Waals surface area contributed by atoms with E-state index < -0.39 is 0 Å². The van der Waals surface area contributed by atoms with E-state index >= 15 is 0 Å². The lowest BCUT2D eigenvalue weighted by Crippen LogP contribution is -2.42. The van der Waals surface area contributed by atoms with E-state index in [9.17, 15) is 10.1 Å². The molecule has 1 aromatic carbocycles. The van der Waals surface area contributed by atoms with Crippen molar-refractivity contribution in [2.24, 2.45) is 4.99 Å². The molecule has 1 aromatic heterocycles. The molecule has 0 bridgehead atoms. The third-order valence-corrected chi connectivity index (χ3v) is 5.83. The standard InChI is InChI=1S/C20H27N5O2S/c1-2-21-20(22-14-16-8-3-4-9-17(16)25(26)27)23-15-18(19-10-7-13-28-19)24-11-5-6-12-24/h3-4,7-10,13,18H,2,5-6,11-12,14-15H2,1H3,(H2,21,22,23). The van der Waals surface area contributed by atoms with E-state index in [1.54, 1.807) is 29.5 Å². The minimum atomic E-state index is -0.356. The lowest BCUT2D eigenvalue weighted by atomic mass is 10.2. The number of guanidine groups is 1. The molecule has 1 aliphatic heterocycles. The van der Waals surface area contributed by atoms with Gasteiger partial charge < -0.3 is 10.6 Å². The molecule has 1 unspecified atom stereocenters. The van der Waals surface area contributed by atoms with E-state index in [1.165, 1.54) is 23.8 Å². The number of rotatable bonds is 8. The van der Waals surface area contributed by atoms with E-state index in [4.69, 9.17) is 0 Å². The molecule has 0 radical (unpaired) electrons. The normalized spacial score (nSPS) is 16.1. The van der Waals surface area contributed by atoms with Crippen molar-refractivity contribution in [1.29, 1.82) is 0 Å². The quantitative estimate of drug-likeness (QED) is 0.306. The van der Waals surface area contributed by atoms with Crippen molar-refractivity contribution in [3.05, 3.63) is 62.3 Å². The van der Waals surface area contributed by atoms with Crippen molar-refractivity contribution >= 4 is 23.0 Å². The van der Waals surface area contributed by atoms with E-state index in [0.29, 0.717) is 17.6 Å². The first-order chi connectivity index (χ1) is 13.7. The number of nitro benzene ring substituents is 1. The number of hydrogen-bond donors (Lipinski definition) is 2. The summed E-state index contributed by atoms with van der Waals surface area (Å²) >= 11 is 1.78. The van der Waals surface area contributed by atoms with Crippen molar-refractivity contribution in [2.45, 2.75) is 32.4 Å². The van der Waals surface area contributed by atoms with Crippen molar-refractivity contribution in [2.75, 3.05) is 26.2 Å². The molecule has 1 saturated heterocycles. The van der Waals surface area contributed by atoms with Crippen molar-refractivity contribution < 1.29 is 4.92 Å². The Morgan fingerprint density at radius 2 is 2.04 bits per heavy atom. The van der Waals surface area contributed by atoms with Crippen LogP contribution in [0.5, 0.6) is 0 Å². The van der Waals surface area contributed by atoms with Crippen molar-refractivity contribution in [3.63, 3.8) is 0 Å². The summed E-state index contributed by atoms with van der Waals surface area (Å²) in [4.78, 5) is 19.3. The van der Waals surface area contributed by atoms with E-state index in [2.05, 4.69) is 38.0 Å². The summed E-state index contributed by atoms with van der Waals surface area (Å²) in [7, 11) is 0. The van der Waals surface area contributed by atoms with Gasteiger partial charge in [0.1, 0.15) is 0 Å². The average molecular weight is 402 g/mol. The molecule has 0 saturated carbocycles. The maximum absolute atomic E-state index is 11.2. The summed E-state index contributed by atoms with van der Waals surface area (Å²) in [5.41, 5.74) is 0.717. The predicted octanol–water partition coefficient (Wildman–Crippen LogP) is 3.55. The molecule has 1 aliphatic rings. The first-order valence-corrected chi connectivity index (χ1v) is 10.6. The molecule has 28 heavy (non-hydrogen) atoms. The van der Waals surface area contributed by atoms with Gasteiger partial charge in [-0.25, -0.2) is 4.99 Å². The van der Waals surface area contributed by atoms with Gasteiger partial charge in [-0.15, -0.1) is 11.3 Å². The van der Waals surface area contributed by atoms with E-state index in [0.717, 1.165) is 26.2 Å². The summed E-state index contributed by atoms with van der Waals surface area (Å²) in [6.07, 6.45) is 2.49. The first-order valence-electron chi connectivity index (χ1n) is 9.71. The van der Waals surface area contributed by atoms with Gasteiger partial charge in [-0.2, -0.15) is 0 Å². The number of aliphatic imine (C=N–C) groups is 1. The predicted molar refractivity (Wildman–Crippen MR) is 114 cm³/mol. The second kappa shape index (κ2) is 10.2. The Bertz CT molecular complexity index is 788. The smallest absolute Gasteiger partial charge is 0.274 e. The zero-order valence-electron chi connectivity index (χ0n) is 16.1. The highest BCUT2D eigenvalue weighted by Gasteiger charge is 2.24. The third-order valence-electron chi connectivity index (χ3n) is 4.86. The highest BCUT2D eigenvalue weighted by atomic mass is 32.1. The Morgan fingerprint density at radius 3 is 2.71 bits per heavy atom. The molecule has 2 aromatic rings. The van der Waals surface area contributed by atoms with Crippen LogP contribution in [0.25, 0.3) is 0 Å². The van der Waals surface area contributed by atoms with Gasteiger partial charge in [0.05, 0.1) is 23.1 Å². The molecule has 3 rings (SSSR count). The first kappa shape index (κ1) is 20.3. The molecule has 0 spiro atoms. The fraction of sp³-hybridized carbons (Fsp3) is 0.450. The summed E-state index contributed by atoms with van der Waals surface area (Å²) in [5, 5.41) is 20.0. The fourth-order valence-corrected chi connectivity index (χ4v) is 4.33. The summed E-state index contributed by atoms with van der Waals surface area (Å²) in [5.74, 6) is 0.682. The van der Waals surface area contributed by atoms with Crippen molar-refractivity contribution in [3.8, 4) is 0 Å². The van der Waals surface area contributed by atoms with Gasteiger partial charge in [0, 0.05) is 24.0 Å². The number of para-hydroxylation sites is 1. The third kappa shape index (κ3) is 5.30. The van der Waals surface area contributed by atoms with Crippen molar-refractivity contribution in [1.82, 2.24) is 15.5 Å². The SMILES string of the molecule is CCNC(=NCc1ccccc1[N+](=O)[O-])NCC(c1cccs1)N1CCCC1. The van der Waals surface area contributed by atoms with Gasteiger partial charge in [-0.05, 0) is 44.3 Å². The molecular formula is C20H27N5O2S. The number of nitrogens with zero attached hydrogens (tertiary/aromatic N) is 3. The van der Waals surface area contributed by atoms with Crippen LogP contribution in [0.1, 0.15) is 36.2 Å². The van der Waals surface area contributed by atoms with Crippen LogP contribution in [-0.4, -0.2) is 42.0 Å².